The van der Waals surface area contributed by atoms with Gasteiger partial charge in [-0.3, -0.25) is 0 Å². The Morgan fingerprint density at radius 3 is 3.00 bits per heavy atom. The van der Waals surface area contributed by atoms with Gasteiger partial charge in [-0.25, -0.2) is 0 Å². The topological polar surface area (TPSA) is 64.9 Å². The van der Waals surface area contributed by atoms with Crippen molar-refractivity contribution in [3.63, 3.8) is 0 Å². The highest BCUT2D eigenvalue weighted by Gasteiger charge is 2.37. The average molecular weight is 267 g/mol. The van der Waals surface area contributed by atoms with Gasteiger partial charge in [0.25, 0.3) is 0 Å². The lowest BCUT2D eigenvalue weighted by molar-refractivity contribution is 0.221. The molecule has 1 saturated heterocycles. The minimum Gasteiger partial charge on any atom is -0.338 e. The first-order chi connectivity index (χ1) is 8.67. The molecule has 3 atom stereocenters. The van der Waals surface area contributed by atoms with Gasteiger partial charge in [0.2, 0.25) is 5.89 Å². The molecule has 1 aliphatic carbocycles. The Labute approximate surface area is 112 Å². The van der Waals surface area contributed by atoms with E-state index in [1.807, 2.05) is 11.8 Å². The Hall–Kier alpha value is -0.550. The summed E-state index contributed by atoms with van der Waals surface area (Å²) >= 11 is 1.92. The van der Waals surface area contributed by atoms with Crippen LogP contribution in [0.3, 0.4) is 0 Å². The van der Waals surface area contributed by atoms with Gasteiger partial charge in [0.1, 0.15) is 0 Å². The van der Waals surface area contributed by atoms with E-state index in [-0.39, 0.29) is 5.54 Å². The lowest BCUT2D eigenvalue weighted by Gasteiger charge is -2.33. The van der Waals surface area contributed by atoms with Crippen molar-refractivity contribution >= 4 is 11.8 Å². The number of nitrogens with two attached hydrogens (primary N) is 1. The van der Waals surface area contributed by atoms with Crippen LogP contribution in [-0.2, 0) is 5.54 Å². The lowest BCUT2D eigenvalue weighted by atomic mass is 9.76. The summed E-state index contributed by atoms with van der Waals surface area (Å²) in [5.74, 6) is 3.38. The van der Waals surface area contributed by atoms with Gasteiger partial charge in [0.15, 0.2) is 5.82 Å². The molecule has 1 aromatic rings. The maximum Gasteiger partial charge on any atom is 0.239 e. The summed E-state index contributed by atoms with van der Waals surface area (Å²) in [5.41, 5.74) is 6.13. The Morgan fingerprint density at radius 1 is 1.39 bits per heavy atom. The van der Waals surface area contributed by atoms with E-state index < -0.39 is 0 Å². The summed E-state index contributed by atoms with van der Waals surface area (Å²) in [4.78, 5) is 4.60. The highest BCUT2D eigenvalue weighted by Crippen LogP contribution is 2.41. The van der Waals surface area contributed by atoms with E-state index in [0.717, 1.165) is 31.0 Å². The Morgan fingerprint density at radius 2 is 2.28 bits per heavy atom. The first-order valence-corrected chi connectivity index (χ1v) is 7.97. The van der Waals surface area contributed by atoms with Crippen LogP contribution in [0.4, 0.5) is 0 Å². The number of hydrogen-bond donors (Lipinski definition) is 1. The zero-order valence-corrected chi connectivity index (χ0v) is 11.7. The Kier molecular flexibility index (Phi) is 3.36. The van der Waals surface area contributed by atoms with Crippen molar-refractivity contribution in [3.8, 4) is 0 Å². The Bertz CT molecular complexity index is 416. The quantitative estimate of drug-likeness (QED) is 0.892. The molecule has 1 saturated carbocycles. The molecule has 18 heavy (non-hydrogen) atoms. The zero-order chi connectivity index (χ0) is 12.6. The standard InChI is InChI=1S/C13H21N3OS/c1-9-4-2-6-13(14,8-9)12-15-11(17-16-12)10-5-3-7-18-10/h9-10H,2-8,14H2,1H3. The number of hydrogen-bond acceptors (Lipinski definition) is 5. The van der Waals surface area contributed by atoms with Crippen molar-refractivity contribution in [2.45, 2.75) is 56.2 Å². The normalized spacial score (nSPS) is 37.0. The number of thioether (sulfide) groups is 1. The van der Waals surface area contributed by atoms with Gasteiger partial charge in [0.05, 0.1) is 10.8 Å². The molecule has 2 heterocycles. The molecule has 0 spiro atoms. The van der Waals surface area contributed by atoms with Crippen molar-refractivity contribution < 1.29 is 4.52 Å². The number of rotatable bonds is 2. The van der Waals surface area contributed by atoms with Gasteiger partial charge >= 0.3 is 0 Å². The molecular weight excluding hydrogens is 246 g/mol. The maximum absolute atomic E-state index is 6.49. The summed E-state index contributed by atoms with van der Waals surface area (Å²) in [7, 11) is 0. The summed E-state index contributed by atoms with van der Waals surface area (Å²) in [6.07, 6.45) is 6.79. The van der Waals surface area contributed by atoms with Gasteiger partial charge in [-0.15, -0.1) is 11.8 Å². The molecule has 2 fully saturated rings. The first-order valence-electron chi connectivity index (χ1n) is 6.92. The van der Waals surface area contributed by atoms with Crippen LogP contribution in [0.2, 0.25) is 0 Å². The maximum atomic E-state index is 6.49. The van der Waals surface area contributed by atoms with Gasteiger partial charge in [0, 0.05) is 0 Å². The van der Waals surface area contributed by atoms with E-state index >= 15 is 0 Å². The van der Waals surface area contributed by atoms with Crippen molar-refractivity contribution in [3.05, 3.63) is 11.7 Å². The smallest absolute Gasteiger partial charge is 0.239 e. The minimum absolute atomic E-state index is 0.358. The molecule has 2 aliphatic rings. The van der Waals surface area contributed by atoms with E-state index in [9.17, 15) is 0 Å². The highest BCUT2D eigenvalue weighted by molar-refractivity contribution is 7.99. The van der Waals surface area contributed by atoms with Gasteiger partial charge < -0.3 is 10.3 Å². The van der Waals surface area contributed by atoms with Crippen molar-refractivity contribution in [1.29, 1.82) is 0 Å². The van der Waals surface area contributed by atoms with Crippen LogP contribution in [0.1, 0.15) is 62.4 Å². The second-order valence-corrected chi connectivity index (χ2v) is 7.13. The molecule has 5 heteroatoms. The second kappa shape index (κ2) is 4.85. The van der Waals surface area contributed by atoms with E-state index in [2.05, 4.69) is 17.1 Å². The molecule has 0 amide bonds. The van der Waals surface area contributed by atoms with Crippen LogP contribution in [0.5, 0.6) is 0 Å². The van der Waals surface area contributed by atoms with Crippen LogP contribution in [0, 0.1) is 5.92 Å². The van der Waals surface area contributed by atoms with E-state index in [0.29, 0.717) is 11.2 Å². The molecule has 0 bridgehead atoms. The SMILES string of the molecule is CC1CCCC(N)(c2noc(C3CCCS3)n2)C1. The van der Waals surface area contributed by atoms with Crippen LogP contribution < -0.4 is 5.73 Å². The average Bonchev–Trinajstić information content (AvgIpc) is 3.00. The summed E-state index contributed by atoms with van der Waals surface area (Å²) in [5, 5.41) is 4.57. The predicted octanol–water partition coefficient (Wildman–Crippen LogP) is 3.00. The zero-order valence-electron chi connectivity index (χ0n) is 10.9. The number of aromatic nitrogens is 2. The molecule has 0 aromatic carbocycles. The van der Waals surface area contributed by atoms with Crippen molar-refractivity contribution in [2.24, 2.45) is 11.7 Å². The third kappa shape index (κ3) is 2.30. The first kappa shape index (κ1) is 12.5. The predicted molar refractivity (Wildman–Crippen MR) is 72.2 cm³/mol. The third-order valence-electron chi connectivity index (χ3n) is 4.12. The molecule has 1 aliphatic heterocycles. The van der Waals surface area contributed by atoms with Crippen LogP contribution in [-0.4, -0.2) is 15.9 Å². The van der Waals surface area contributed by atoms with Crippen molar-refractivity contribution in [1.82, 2.24) is 10.1 Å². The van der Waals surface area contributed by atoms with E-state index in [1.54, 1.807) is 0 Å². The second-order valence-electron chi connectivity index (χ2n) is 5.82. The van der Waals surface area contributed by atoms with Crippen LogP contribution >= 0.6 is 11.8 Å². The van der Waals surface area contributed by atoms with E-state index in [1.165, 1.54) is 25.0 Å². The Balaban J connectivity index is 1.79. The molecule has 1 aromatic heterocycles. The fourth-order valence-corrected chi connectivity index (χ4v) is 4.33. The molecule has 3 unspecified atom stereocenters. The molecule has 100 valence electrons. The summed E-state index contributed by atoms with van der Waals surface area (Å²) in [6, 6.07) is 0. The third-order valence-corrected chi connectivity index (χ3v) is 5.49. The largest absolute Gasteiger partial charge is 0.338 e. The molecule has 3 rings (SSSR count). The molecule has 0 radical (unpaired) electrons. The van der Waals surface area contributed by atoms with Crippen LogP contribution in [0.15, 0.2) is 4.52 Å². The van der Waals surface area contributed by atoms with E-state index in [4.69, 9.17) is 10.3 Å². The summed E-state index contributed by atoms with van der Waals surface area (Å²) < 4.78 is 5.44. The molecule has 4 nitrogen and oxygen atoms in total. The van der Waals surface area contributed by atoms with Gasteiger partial charge in [-0.2, -0.15) is 4.98 Å². The lowest BCUT2D eigenvalue weighted by Crippen LogP contribution is -2.42. The van der Waals surface area contributed by atoms with Gasteiger partial charge in [-0.05, 0) is 37.4 Å². The molecular formula is C13H21N3OS. The van der Waals surface area contributed by atoms with Gasteiger partial charge in [-0.1, -0.05) is 24.9 Å². The highest BCUT2D eigenvalue weighted by atomic mass is 32.2. The fraction of sp³-hybridized carbons (Fsp3) is 0.846. The monoisotopic (exact) mass is 267 g/mol. The van der Waals surface area contributed by atoms with Crippen molar-refractivity contribution in [2.75, 3.05) is 5.75 Å². The molecule has 2 N–H and O–H groups in total. The fourth-order valence-electron chi connectivity index (χ4n) is 3.14. The summed E-state index contributed by atoms with van der Waals surface area (Å²) in [6.45, 7) is 2.26. The number of nitrogens with zero attached hydrogens (tertiary/aromatic N) is 2. The van der Waals surface area contributed by atoms with Crippen LogP contribution in [0.25, 0.3) is 0 Å². The minimum atomic E-state index is -0.358.